The van der Waals surface area contributed by atoms with Crippen LogP contribution in [0.5, 0.6) is 5.75 Å². The minimum atomic E-state index is -0.0528. The summed E-state index contributed by atoms with van der Waals surface area (Å²) < 4.78 is 6.54. The van der Waals surface area contributed by atoms with Gasteiger partial charge in [-0.05, 0) is 35.7 Å². The summed E-state index contributed by atoms with van der Waals surface area (Å²) in [5, 5.41) is 6.30. The summed E-state index contributed by atoms with van der Waals surface area (Å²) >= 11 is 8.79. The van der Waals surface area contributed by atoms with Gasteiger partial charge < -0.3 is 10.1 Å². The molecule has 0 saturated carbocycles. The van der Waals surface area contributed by atoms with Gasteiger partial charge in [-0.1, -0.05) is 23.4 Å². The minimum absolute atomic E-state index is 0.0528. The van der Waals surface area contributed by atoms with Gasteiger partial charge in [-0.2, -0.15) is 0 Å². The van der Waals surface area contributed by atoms with Gasteiger partial charge >= 0.3 is 0 Å². The molecule has 0 aliphatic heterocycles. The van der Waals surface area contributed by atoms with Gasteiger partial charge in [0.2, 0.25) is 5.91 Å². The molecule has 124 valence electrons. The van der Waals surface area contributed by atoms with E-state index in [0.29, 0.717) is 23.9 Å². The fraction of sp³-hybridized carbons (Fsp3) is 0.188. The quantitative estimate of drug-likeness (QED) is 0.386. The molecule has 2 aromatic heterocycles. The summed E-state index contributed by atoms with van der Waals surface area (Å²) in [7, 11) is 0. The highest BCUT2D eigenvalue weighted by molar-refractivity contribution is 8.00. The number of ether oxygens (including phenoxy) is 1. The van der Waals surface area contributed by atoms with Crippen molar-refractivity contribution >= 4 is 50.8 Å². The van der Waals surface area contributed by atoms with E-state index in [-0.39, 0.29) is 5.91 Å². The molecule has 2 heterocycles. The molecular formula is C16H14ClN3O2S2. The fourth-order valence-corrected chi connectivity index (χ4v) is 3.85. The number of carbonyl (C=O) groups excluding carboxylic acids is 1. The zero-order valence-corrected chi connectivity index (χ0v) is 15.0. The zero-order valence-electron chi connectivity index (χ0n) is 12.6. The van der Waals surface area contributed by atoms with Gasteiger partial charge in [0, 0.05) is 5.02 Å². The molecule has 24 heavy (non-hydrogen) atoms. The standard InChI is InChI=1S/C16H14ClN3O2S2/c17-11-1-3-12(4-2-11)22-7-6-18-14(21)9-24-16-15-13(5-8-23-15)19-10-20-16/h1-5,8,10H,6-7,9H2,(H,18,21). The molecule has 3 rings (SSSR count). The number of hydrogen-bond acceptors (Lipinski definition) is 6. The van der Waals surface area contributed by atoms with Crippen LogP contribution in [0.15, 0.2) is 47.1 Å². The van der Waals surface area contributed by atoms with Crippen molar-refractivity contribution in [3.8, 4) is 5.75 Å². The summed E-state index contributed by atoms with van der Waals surface area (Å²) in [6, 6.07) is 9.06. The maximum Gasteiger partial charge on any atom is 0.230 e. The van der Waals surface area contributed by atoms with Crippen molar-refractivity contribution in [1.29, 1.82) is 0 Å². The van der Waals surface area contributed by atoms with E-state index >= 15 is 0 Å². The van der Waals surface area contributed by atoms with Gasteiger partial charge in [0.1, 0.15) is 23.7 Å². The van der Waals surface area contributed by atoms with Crippen molar-refractivity contribution in [2.75, 3.05) is 18.9 Å². The number of carbonyl (C=O) groups is 1. The lowest BCUT2D eigenvalue weighted by atomic mass is 10.3. The lowest BCUT2D eigenvalue weighted by Crippen LogP contribution is -2.29. The predicted octanol–water partition coefficient (Wildman–Crippen LogP) is 3.63. The van der Waals surface area contributed by atoms with Crippen LogP contribution in [0.2, 0.25) is 5.02 Å². The van der Waals surface area contributed by atoms with Gasteiger partial charge in [-0.25, -0.2) is 9.97 Å². The molecule has 0 fully saturated rings. The first-order valence-electron chi connectivity index (χ1n) is 7.18. The molecule has 8 heteroatoms. The van der Waals surface area contributed by atoms with E-state index in [9.17, 15) is 4.79 Å². The van der Waals surface area contributed by atoms with Crippen LogP contribution in [-0.2, 0) is 4.79 Å². The Hall–Kier alpha value is -1.83. The van der Waals surface area contributed by atoms with Gasteiger partial charge in [-0.15, -0.1) is 11.3 Å². The highest BCUT2D eigenvalue weighted by Crippen LogP contribution is 2.28. The van der Waals surface area contributed by atoms with Gasteiger partial charge in [-0.3, -0.25) is 4.79 Å². The largest absolute Gasteiger partial charge is 0.492 e. The molecule has 1 aromatic carbocycles. The Labute approximate surface area is 152 Å². The van der Waals surface area contributed by atoms with E-state index in [1.165, 1.54) is 18.1 Å². The first-order valence-corrected chi connectivity index (χ1v) is 9.43. The number of halogens is 1. The molecule has 0 saturated heterocycles. The molecule has 3 aromatic rings. The average molecular weight is 380 g/mol. The normalized spacial score (nSPS) is 10.7. The molecule has 0 radical (unpaired) electrons. The Balaban J connectivity index is 1.40. The van der Waals surface area contributed by atoms with Gasteiger partial charge in [0.15, 0.2) is 0 Å². The number of nitrogens with one attached hydrogen (secondary N) is 1. The summed E-state index contributed by atoms with van der Waals surface area (Å²) in [6.07, 6.45) is 1.52. The van der Waals surface area contributed by atoms with Gasteiger partial charge in [0.25, 0.3) is 0 Å². The maximum atomic E-state index is 11.9. The third-order valence-electron chi connectivity index (χ3n) is 3.06. The SMILES string of the molecule is O=C(CSc1ncnc2ccsc12)NCCOc1ccc(Cl)cc1. The van der Waals surface area contributed by atoms with Crippen molar-refractivity contribution in [3.05, 3.63) is 47.1 Å². The molecule has 0 atom stereocenters. The van der Waals surface area contributed by atoms with E-state index in [4.69, 9.17) is 16.3 Å². The van der Waals surface area contributed by atoms with Crippen molar-refractivity contribution in [2.45, 2.75) is 5.03 Å². The Kier molecular flexibility index (Phi) is 5.90. The number of hydrogen-bond donors (Lipinski definition) is 1. The molecule has 0 aliphatic rings. The number of thioether (sulfide) groups is 1. The third-order valence-corrected chi connectivity index (χ3v) is 5.34. The number of nitrogens with zero attached hydrogens (tertiary/aromatic N) is 2. The molecule has 0 aliphatic carbocycles. The first kappa shape index (κ1) is 17.0. The first-order chi connectivity index (χ1) is 11.7. The summed E-state index contributed by atoms with van der Waals surface area (Å²) in [6.45, 7) is 0.848. The third kappa shape index (κ3) is 4.59. The summed E-state index contributed by atoms with van der Waals surface area (Å²) in [4.78, 5) is 20.3. The van der Waals surface area contributed by atoms with Crippen LogP contribution in [0.1, 0.15) is 0 Å². The fourth-order valence-electron chi connectivity index (χ4n) is 1.94. The number of aromatic nitrogens is 2. The Morgan fingerprint density at radius 3 is 2.92 bits per heavy atom. The lowest BCUT2D eigenvalue weighted by Gasteiger charge is -2.08. The van der Waals surface area contributed by atoms with Crippen LogP contribution < -0.4 is 10.1 Å². The highest BCUT2D eigenvalue weighted by Gasteiger charge is 2.08. The smallest absolute Gasteiger partial charge is 0.230 e. The van der Waals surface area contributed by atoms with Crippen molar-refractivity contribution in [1.82, 2.24) is 15.3 Å². The summed E-state index contributed by atoms with van der Waals surface area (Å²) in [5.41, 5.74) is 0.911. The Morgan fingerprint density at radius 2 is 2.08 bits per heavy atom. The summed E-state index contributed by atoms with van der Waals surface area (Å²) in [5.74, 6) is 0.984. The average Bonchev–Trinajstić information content (AvgIpc) is 3.07. The molecule has 1 N–H and O–H groups in total. The molecule has 0 bridgehead atoms. The van der Waals surface area contributed by atoms with Crippen LogP contribution in [0, 0.1) is 0 Å². The maximum absolute atomic E-state index is 11.9. The van der Waals surface area contributed by atoms with E-state index in [2.05, 4.69) is 15.3 Å². The van der Waals surface area contributed by atoms with E-state index in [1.807, 2.05) is 11.4 Å². The predicted molar refractivity (Wildman–Crippen MR) is 98.1 cm³/mol. The molecule has 0 unspecified atom stereocenters. The molecule has 0 spiro atoms. The van der Waals surface area contributed by atoms with Crippen LogP contribution in [0.25, 0.3) is 10.2 Å². The van der Waals surface area contributed by atoms with E-state index in [1.54, 1.807) is 35.6 Å². The monoisotopic (exact) mass is 379 g/mol. The number of rotatable bonds is 7. The van der Waals surface area contributed by atoms with Crippen molar-refractivity contribution in [2.24, 2.45) is 0 Å². The van der Waals surface area contributed by atoms with Crippen LogP contribution in [0.3, 0.4) is 0 Å². The topological polar surface area (TPSA) is 64.1 Å². The van der Waals surface area contributed by atoms with Crippen LogP contribution >= 0.6 is 34.7 Å². The second-order valence-corrected chi connectivity index (χ2v) is 7.07. The second-order valence-electron chi connectivity index (χ2n) is 4.75. The zero-order chi connectivity index (χ0) is 16.8. The molecule has 5 nitrogen and oxygen atoms in total. The highest BCUT2D eigenvalue weighted by atomic mass is 35.5. The number of amides is 1. The van der Waals surface area contributed by atoms with E-state index in [0.717, 1.165) is 21.0 Å². The van der Waals surface area contributed by atoms with Crippen LogP contribution in [0.4, 0.5) is 0 Å². The number of benzene rings is 1. The van der Waals surface area contributed by atoms with Crippen molar-refractivity contribution < 1.29 is 9.53 Å². The number of thiophene rings is 1. The second kappa shape index (κ2) is 8.32. The Bertz CT molecular complexity index is 824. The van der Waals surface area contributed by atoms with Crippen molar-refractivity contribution in [3.63, 3.8) is 0 Å². The van der Waals surface area contributed by atoms with Crippen LogP contribution in [-0.4, -0.2) is 34.8 Å². The minimum Gasteiger partial charge on any atom is -0.492 e. The van der Waals surface area contributed by atoms with Gasteiger partial charge in [0.05, 0.1) is 22.5 Å². The number of fused-ring (bicyclic) bond motifs is 1. The lowest BCUT2D eigenvalue weighted by molar-refractivity contribution is -0.118. The van der Waals surface area contributed by atoms with E-state index < -0.39 is 0 Å². The molecular weight excluding hydrogens is 366 g/mol. The Morgan fingerprint density at radius 1 is 1.25 bits per heavy atom. The molecule has 1 amide bonds.